The minimum absolute atomic E-state index is 0.0317. The number of methoxy groups -OCH3 is 2. The molecule has 0 unspecified atom stereocenters. The fourth-order valence-corrected chi connectivity index (χ4v) is 2.88. The average Bonchev–Trinajstić information content (AvgIpc) is 2.83. The molecule has 3 rings (SSSR count). The lowest BCUT2D eigenvalue weighted by atomic mass is 10.1. The number of rotatable bonds is 8. The lowest BCUT2D eigenvalue weighted by Gasteiger charge is -2.09. The SMILES string of the molecule is COc1ccc(/C=C/C(=O)c2cc(F)ccc2OC(=O)c2ccc([N+](=O)[O-])cc2)cc1OC. The van der Waals surface area contributed by atoms with Gasteiger partial charge in [-0.1, -0.05) is 12.1 Å². The Morgan fingerprint density at radius 3 is 2.21 bits per heavy atom. The van der Waals surface area contributed by atoms with E-state index < -0.39 is 22.5 Å². The second-order valence-electron chi connectivity index (χ2n) is 6.65. The Morgan fingerprint density at radius 2 is 1.58 bits per heavy atom. The third-order valence-electron chi connectivity index (χ3n) is 4.56. The van der Waals surface area contributed by atoms with Crippen molar-refractivity contribution in [2.24, 2.45) is 0 Å². The molecule has 168 valence electrons. The molecule has 0 saturated heterocycles. The van der Waals surface area contributed by atoms with Crippen molar-refractivity contribution in [2.75, 3.05) is 14.2 Å². The van der Waals surface area contributed by atoms with Gasteiger partial charge in [-0.25, -0.2) is 9.18 Å². The van der Waals surface area contributed by atoms with Gasteiger partial charge in [-0.2, -0.15) is 0 Å². The van der Waals surface area contributed by atoms with E-state index in [4.69, 9.17) is 14.2 Å². The Labute approximate surface area is 188 Å². The summed E-state index contributed by atoms with van der Waals surface area (Å²) in [5, 5.41) is 10.8. The third kappa shape index (κ3) is 5.59. The summed E-state index contributed by atoms with van der Waals surface area (Å²) in [6.07, 6.45) is 2.70. The summed E-state index contributed by atoms with van der Waals surface area (Å²) >= 11 is 0. The smallest absolute Gasteiger partial charge is 0.343 e. The molecule has 0 aliphatic rings. The third-order valence-corrected chi connectivity index (χ3v) is 4.56. The van der Waals surface area contributed by atoms with E-state index >= 15 is 0 Å². The van der Waals surface area contributed by atoms with E-state index in [-0.39, 0.29) is 22.6 Å². The van der Waals surface area contributed by atoms with Crippen LogP contribution in [0.4, 0.5) is 10.1 Å². The maximum atomic E-state index is 13.8. The quantitative estimate of drug-likeness (QED) is 0.120. The first-order valence-electron chi connectivity index (χ1n) is 9.53. The van der Waals surface area contributed by atoms with Crippen molar-refractivity contribution in [3.63, 3.8) is 0 Å². The monoisotopic (exact) mass is 451 g/mol. The van der Waals surface area contributed by atoms with Gasteiger partial charge in [0, 0.05) is 12.1 Å². The number of nitrogens with zero attached hydrogens (tertiary/aromatic N) is 1. The van der Waals surface area contributed by atoms with Crippen LogP contribution in [0.2, 0.25) is 0 Å². The van der Waals surface area contributed by atoms with E-state index in [9.17, 15) is 24.1 Å². The fraction of sp³-hybridized carbons (Fsp3) is 0.0833. The molecule has 0 aliphatic carbocycles. The normalized spacial score (nSPS) is 10.6. The van der Waals surface area contributed by atoms with Gasteiger partial charge in [-0.15, -0.1) is 0 Å². The number of esters is 1. The van der Waals surface area contributed by atoms with Crippen molar-refractivity contribution in [1.29, 1.82) is 0 Å². The van der Waals surface area contributed by atoms with E-state index in [0.717, 1.165) is 30.3 Å². The summed E-state index contributed by atoms with van der Waals surface area (Å²) in [5.41, 5.74) is 0.303. The van der Waals surface area contributed by atoms with Crippen LogP contribution in [0.5, 0.6) is 17.2 Å². The number of halogens is 1. The Balaban J connectivity index is 1.83. The van der Waals surface area contributed by atoms with Crippen molar-refractivity contribution in [3.8, 4) is 17.2 Å². The molecule has 0 saturated carbocycles. The highest BCUT2D eigenvalue weighted by Crippen LogP contribution is 2.28. The van der Waals surface area contributed by atoms with Crippen molar-refractivity contribution >= 4 is 23.5 Å². The molecule has 0 aromatic heterocycles. The van der Waals surface area contributed by atoms with E-state index in [1.165, 1.54) is 38.5 Å². The van der Waals surface area contributed by atoms with Crippen LogP contribution in [-0.4, -0.2) is 30.9 Å². The minimum Gasteiger partial charge on any atom is -0.493 e. The van der Waals surface area contributed by atoms with Gasteiger partial charge in [0.2, 0.25) is 0 Å². The first-order valence-corrected chi connectivity index (χ1v) is 9.53. The molecule has 0 fully saturated rings. The number of allylic oxidation sites excluding steroid dienone is 1. The number of hydrogen-bond donors (Lipinski definition) is 0. The van der Waals surface area contributed by atoms with Crippen molar-refractivity contribution in [1.82, 2.24) is 0 Å². The molecule has 8 nitrogen and oxygen atoms in total. The van der Waals surface area contributed by atoms with Gasteiger partial charge in [-0.05, 0) is 54.1 Å². The van der Waals surface area contributed by atoms with E-state index in [1.807, 2.05) is 0 Å². The van der Waals surface area contributed by atoms with E-state index in [2.05, 4.69) is 0 Å². The van der Waals surface area contributed by atoms with Gasteiger partial charge in [0.05, 0.1) is 30.3 Å². The molecule has 0 amide bonds. The predicted octanol–water partition coefficient (Wildman–Crippen LogP) is 4.87. The van der Waals surface area contributed by atoms with Crippen molar-refractivity contribution in [3.05, 3.63) is 99.4 Å². The van der Waals surface area contributed by atoms with Crippen LogP contribution in [0.15, 0.2) is 66.7 Å². The molecule has 0 bridgehead atoms. The fourth-order valence-electron chi connectivity index (χ4n) is 2.88. The van der Waals surface area contributed by atoms with Crippen molar-refractivity contribution < 1.29 is 33.1 Å². The summed E-state index contributed by atoms with van der Waals surface area (Å²) in [7, 11) is 2.98. The Morgan fingerprint density at radius 1 is 0.909 bits per heavy atom. The summed E-state index contributed by atoms with van der Waals surface area (Å²) in [6.45, 7) is 0. The van der Waals surface area contributed by atoms with Gasteiger partial charge in [0.25, 0.3) is 5.69 Å². The number of nitro benzene ring substituents is 1. The first kappa shape index (κ1) is 23.1. The van der Waals surface area contributed by atoms with Gasteiger partial charge in [0.15, 0.2) is 17.3 Å². The van der Waals surface area contributed by atoms with Crippen LogP contribution in [0.3, 0.4) is 0 Å². The number of carbonyl (C=O) groups excluding carboxylic acids is 2. The molecule has 3 aromatic rings. The maximum Gasteiger partial charge on any atom is 0.343 e. The van der Waals surface area contributed by atoms with Crippen LogP contribution in [0, 0.1) is 15.9 Å². The van der Waals surface area contributed by atoms with Crippen LogP contribution >= 0.6 is 0 Å². The van der Waals surface area contributed by atoms with Crippen LogP contribution in [-0.2, 0) is 0 Å². The van der Waals surface area contributed by atoms with Gasteiger partial charge >= 0.3 is 5.97 Å². The number of ether oxygens (including phenoxy) is 3. The Bertz CT molecular complexity index is 1240. The zero-order valence-corrected chi connectivity index (χ0v) is 17.6. The minimum atomic E-state index is -0.852. The topological polar surface area (TPSA) is 105 Å². The molecule has 0 heterocycles. The van der Waals surface area contributed by atoms with Gasteiger partial charge in [0.1, 0.15) is 11.6 Å². The van der Waals surface area contributed by atoms with Crippen LogP contribution < -0.4 is 14.2 Å². The molecule has 0 atom stereocenters. The zero-order chi connectivity index (χ0) is 24.0. The molecular weight excluding hydrogens is 433 g/mol. The van der Waals surface area contributed by atoms with Crippen LogP contribution in [0.1, 0.15) is 26.3 Å². The number of benzene rings is 3. The van der Waals surface area contributed by atoms with Gasteiger partial charge in [-0.3, -0.25) is 14.9 Å². The molecule has 0 aliphatic heterocycles. The number of carbonyl (C=O) groups is 2. The van der Waals surface area contributed by atoms with Crippen LogP contribution in [0.25, 0.3) is 6.08 Å². The zero-order valence-electron chi connectivity index (χ0n) is 17.6. The Kier molecular flexibility index (Phi) is 7.14. The van der Waals surface area contributed by atoms with Crippen molar-refractivity contribution in [2.45, 2.75) is 0 Å². The molecule has 0 radical (unpaired) electrons. The lowest BCUT2D eigenvalue weighted by Crippen LogP contribution is -2.11. The van der Waals surface area contributed by atoms with Gasteiger partial charge < -0.3 is 14.2 Å². The highest BCUT2D eigenvalue weighted by Gasteiger charge is 2.17. The summed E-state index contributed by atoms with van der Waals surface area (Å²) in [5.74, 6) is -1.30. The second kappa shape index (κ2) is 10.2. The lowest BCUT2D eigenvalue weighted by molar-refractivity contribution is -0.384. The largest absolute Gasteiger partial charge is 0.493 e. The second-order valence-corrected chi connectivity index (χ2v) is 6.65. The molecule has 3 aromatic carbocycles. The standard InChI is InChI=1S/C24H18FNO7/c1-31-22-11-4-15(13-23(22)32-2)3-10-20(27)19-14-17(25)7-12-21(19)33-24(28)16-5-8-18(9-6-16)26(29)30/h3-14H,1-2H3/b10-3+. The first-order chi connectivity index (χ1) is 15.8. The summed E-state index contributed by atoms with van der Waals surface area (Å²) in [4.78, 5) is 35.3. The molecule has 33 heavy (non-hydrogen) atoms. The number of nitro groups is 1. The molecule has 0 N–H and O–H groups in total. The summed E-state index contributed by atoms with van der Waals surface area (Å²) < 4.78 is 29.5. The molecular formula is C24H18FNO7. The molecule has 9 heteroatoms. The highest BCUT2D eigenvalue weighted by atomic mass is 19.1. The number of hydrogen-bond acceptors (Lipinski definition) is 7. The summed E-state index contributed by atoms with van der Waals surface area (Å²) in [6, 6.07) is 12.9. The van der Waals surface area contributed by atoms with E-state index in [0.29, 0.717) is 17.1 Å². The maximum absolute atomic E-state index is 13.8. The number of ketones is 1. The Hall–Kier alpha value is -4.53. The highest BCUT2D eigenvalue weighted by molar-refractivity contribution is 6.09. The number of non-ortho nitro benzene ring substituents is 1. The average molecular weight is 451 g/mol. The van der Waals surface area contributed by atoms with E-state index in [1.54, 1.807) is 18.2 Å². The molecule has 0 spiro atoms. The predicted molar refractivity (Wildman–Crippen MR) is 117 cm³/mol.